The quantitative estimate of drug-likeness (QED) is 0.362. The van der Waals surface area contributed by atoms with Crippen LogP contribution in [0.1, 0.15) is 18.9 Å². The smallest absolute Gasteiger partial charge is 0.376 e. The minimum Gasteiger partial charge on any atom is -0.376 e. The largest absolute Gasteiger partial charge is 0.421 e. The summed E-state index contributed by atoms with van der Waals surface area (Å²) in [5, 5.41) is 10.0. The molecule has 0 radical (unpaired) electrons. The van der Waals surface area contributed by atoms with E-state index in [0.29, 0.717) is 29.3 Å². The summed E-state index contributed by atoms with van der Waals surface area (Å²) in [6, 6.07) is 15.1. The highest BCUT2D eigenvalue weighted by atomic mass is 32.2. The molecule has 1 unspecified atom stereocenters. The first-order valence-electron chi connectivity index (χ1n) is 11.7. The Hall–Kier alpha value is -2.18. The number of thioether (sulfide) groups is 1. The summed E-state index contributed by atoms with van der Waals surface area (Å²) in [4.78, 5) is 3.57. The van der Waals surface area contributed by atoms with Gasteiger partial charge in [-0.15, -0.1) is 11.8 Å². The van der Waals surface area contributed by atoms with E-state index < -0.39 is 21.8 Å². The van der Waals surface area contributed by atoms with Crippen LogP contribution in [0.2, 0.25) is 0 Å². The molecule has 11 heteroatoms. The fourth-order valence-corrected chi connectivity index (χ4v) is 7.36. The van der Waals surface area contributed by atoms with Gasteiger partial charge in [0.2, 0.25) is 10.0 Å². The van der Waals surface area contributed by atoms with Crippen LogP contribution in [0.4, 0.5) is 18.9 Å². The van der Waals surface area contributed by atoms with Gasteiger partial charge in [-0.05, 0) is 42.8 Å². The van der Waals surface area contributed by atoms with Gasteiger partial charge < -0.3 is 10.0 Å². The van der Waals surface area contributed by atoms with Gasteiger partial charge in [0, 0.05) is 47.3 Å². The van der Waals surface area contributed by atoms with Gasteiger partial charge in [-0.1, -0.05) is 54.7 Å². The molecule has 2 aliphatic rings. The molecular formula is C26H27F3N2O3S3. The second-order valence-electron chi connectivity index (χ2n) is 9.04. The topological polar surface area (TPSA) is 60.9 Å². The van der Waals surface area contributed by atoms with E-state index in [-0.39, 0.29) is 29.6 Å². The fraction of sp³-hybridized carbons (Fsp3) is 0.346. The molecule has 37 heavy (non-hydrogen) atoms. The molecule has 2 aromatic carbocycles. The first-order chi connectivity index (χ1) is 17.4. The lowest BCUT2D eigenvalue weighted by molar-refractivity contribution is -0.258. The predicted molar refractivity (Wildman–Crippen MR) is 145 cm³/mol. The van der Waals surface area contributed by atoms with Gasteiger partial charge in [-0.25, -0.2) is 8.42 Å². The number of halogens is 3. The Morgan fingerprint density at radius 3 is 2.38 bits per heavy atom. The number of benzene rings is 2. The molecule has 1 fully saturated rings. The first-order valence-corrected chi connectivity index (χ1v) is 14.5. The van der Waals surface area contributed by atoms with E-state index in [9.17, 15) is 26.7 Å². The van der Waals surface area contributed by atoms with E-state index in [4.69, 9.17) is 12.2 Å². The molecule has 2 aromatic rings. The van der Waals surface area contributed by atoms with Crippen LogP contribution in [0.3, 0.4) is 0 Å². The average Bonchev–Trinajstić information content (AvgIpc) is 2.87. The number of hydrogen-bond acceptors (Lipinski definition) is 6. The highest BCUT2D eigenvalue weighted by Crippen LogP contribution is 2.39. The number of rotatable bonds is 7. The minimum absolute atomic E-state index is 0.145. The summed E-state index contributed by atoms with van der Waals surface area (Å²) in [5.41, 5.74) is -2.57. The maximum atomic E-state index is 13.4. The standard InChI is InChI=1S/C26H27F3N2O3S3/c1-25(32,26(27,28)29)19-11-13-20(14-12-19)31-16-15-30(37(33,34)24-10-6-5-9-23(24)35)17-21(31)18-36-22-7-3-2-4-8-22/h2-8,10-14,21,32H,9,15-18H2,1H3/t21-,25?/m1/s1. The number of hydrogen-bond donors (Lipinski definition) is 1. The molecule has 1 aliphatic heterocycles. The van der Waals surface area contributed by atoms with E-state index >= 15 is 0 Å². The molecule has 0 bridgehead atoms. The van der Waals surface area contributed by atoms with Crippen LogP contribution in [0.15, 0.2) is 82.6 Å². The number of nitrogens with zero attached hydrogens (tertiary/aromatic N) is 2. The molecule has 1 N–H and O–H groups in total. The normalized spacial score (nSPS) is 21.0. The molecule has 2 atom stereocenters. The number of anilines is 1. The minimum atomic E-state index is -4.81. The van der Waals surface area contributed by atoms with Crippen molar-refractivity contribution in [2.45, 2.75) is 36.1 Å². The van der Waals surface area contributed by atoms with Gasteiger partial charge in [0.05, 0.1) is 10.9 Å². The van der Waals surface area contributed by atoms with E-state index in [2.05, 4.69) is 0 Å². The van der Waals surface area contributed by atoms with Crippen molar-refractivity contribution in [3.8, 4) is 0 Å². The third-order valence-corrected chi connectivity index (χ3v) is 10.1. The Balaban J connectivity index is 1.60. The Morgan fingerprint density at radius 2 is 1.76 bits per heavy atom. The first kappa shape index (κ1) is 27.8. The zero-order valence-electron chi connectivity index (χ0n) is 20.1. The van der Waals surface area contributed by atoms with Gasteiger partial charge in [0.15, 0.2) is 5.60 Å². The average molecular weight is 569 g/mol. The molecule has 0 aromatic heterocycles. The molecule has 0 amide bonds. The van der Waals surface area contributed by atoms with Gasteiger partial charge in [-0.3, -0.25) is 0 Å². The van der Waals surface area contributed by atoms with Crippen molar-refractivity contribution >= 4 is 44.6 Å². The highest BCUT2D eigenvalue weighted by molar-refractivity contribution is 7.99. The molecule has 1 aliphatic carbocycles. The third kappa shape index (κ3) is 5.96. The molecule has 198 valence electrons. The number of aliphatic hydroxyl groups is 1. The molecule has 1 heterocycles. The molecule has 0 saturated carbocycles. The SMILES string of the molecule is CC(O)(c1ccc(N2CCN(S(=O)(=O)C3=CC=CCC3=S)C[C@@H]2CSc2ccccc2)cc1)C(F)(F)F. The van der Waals surface area contributed by atoms with Crippen molar-refractivity contribution in [1.29, 1.82) is 0 Å². The Bertz CT molecular complexity index is 1290. The third-order valence-electron chi connectivity index (χ3n) is 6.52. The van der Waals surface area contributed by atoms with Crippen molar-refractivity contribution in [3.05, 3.63) is 83.3 Å². The monoisotopic (exact) mass is 568 g/mol. The van der Waals surface area contributed by atoms with Crippen LogP contribution in [0, 0.1) is 0 Å². The number of piperazine rings is 1. The lowest BCUT2D eigenvalue weighted by Gasteiger charge is -2.42. The van der Waals surface area contributed by atoms with Gasteiger partial charge in [0.1, 0.15) is 0 Å². The molecule has 5 nitrogen and oxygen atoms in total. The summed E-state index contributed by atoms with van der Waals surface area (Å²) in [6.07, 6.45) is 0.638. The predicted octanol–water partition coefficient (Wildman–Crippen LogP) is 5.28. The van der Waals surface area contributed by atoms with Crippen LogP contribution >= 0.6 is 24.0 Å². The summed E-state index contributed by atoms with van der Waals surface area (Å²) in [7, 11) is -3.79. The van der Waals surface area contributed by atoms with Crippen LogP contribution in [-0.4, -0.2) is 60.3 Å². The highest BCUT2D eigenvalue weighted by Gasteiger charge is 2.51. The van der Waals surface area contributed by atoms with Crippen molar-refractivity contribution in [2.75, 3.05) is 30.3 Å². The molecule has 1 saturated heterocycles. The van der Waals surface area contributed by atoms with E-state index in [1.807, 2.05) is 41.3 Å². The summed E-state index contributed by atoms with van der Waals surface area (Å²) in [6.45, 7) is 1.49. The van der Waals surface area contributed by atoms with Gasteiger partial charge in [0.25, 0.3) is 0 Å². The summed E-state index contributed by atoms with van der Waals surface area (Å²) < 4.78 is 68.2. The van der Waals surface area contributed by atoms with Crippen LogP contribution in [0.5, 0.6) is 0 Å². The summed E-state index contributed by atoms with van der Waals surface area (Å²) >= 11 is 6.90. The van der Waals surface area contributed by atoms with Crippen molar-refractivity contribution < 1.29 is 26.7 Å². The zero-order chi connectivity index (χ0) is 26.8. The van der Waals surface area contributed by atoms with Gasteiger partial charge in [-0.2, -0.15) is 17.5 Å². The molecule has 0 spiro atoms. The van der Waals surface area contributed by atoms with Crippen molar-refractivity contribution in [3.63, 3.8) is 0 Å². The van der Waals surface area contributed by atoms with E-state index in [1.54, 1.807) is 30.0 Å². The maximum Gasteiger partial charge on any atom is 0.421 e. The number of thiocarbonyl (C=S) groups is 1. The van der Waals surface area contributed by atoms with E-state index in [1.165, 1.54) is 22.5 Å². The van der Waals surface area contributed by atoms with Crippen LogP contribution < -0.4 is 4.90 Å². The van der Waals surface area contributed by atoms with Crippen molar-refractivity contribution in [2.24, 2.45) is 0 Å². The maximum absolute atomic E-state index is 13.4. The number of sulfonamides is 1. The van der Waals surface area contributed by atoms with Gasteiger partial charge >= 0.3 is 6.18 Å². The Kier molecular flexibility index (Phi) is 8.20. The lowest BCUT2D eigenvalue weighted by atomic mass is 9.95. The van der Waals surface area contributed by atoms with Crippen LogP contribution in [-0.2, 0) is 15.6 Å². The Morgan fingerprint density at radius 1 is 1.08 bits per heavy atom. The number of alkyl halides is 3. The van der Waals surface area contributed by atoms with Crippen molar-refractivity contribution in [1.82, 2.24) is 4.31 Å². The summed E-state index contributed by atoms with van der Waals surface area (Å²) in [5.74, 6) is 0.557. The molecule has 4 rings (SSSR count). The Labute approximate surface area is 224 Å². The lowest BCUT2D eigenvalue weighted by Crippen LogP contribution is -2.56. The second kappa shape index (κ2) is 10.9. The second-order valence-corrected chi connectivity index (χ2v) is 12.5. The molecular weight excluding hydrogens is 541 g/mol. The van der Waals surface area contributed by atoms with E-state index in [0.717, 1.165) is 11.8 Å². The zero-order valence-corrected chi connectivity index (χ0v) is 22.5. The van der Waals surface area contributed by atoms with Crippen LogP contribution in [0.25, 0.3) is 0 Å². The fourth-order valence-electron chi connectivity index (χ4n) is 4.27. The number of allylic oxidation sites excluding steroid dienone is 4.